The number of rotatable bonds is 5. The van der Waals surface area contributed by atoms with Crippen molar-refractivity contribution in [3.63, 3.8) is 0 Å². The second kappa shape index (κ2) is 14.0. The van der Waals surface area contributed by atoms with Gasteiger partial charge in [-0.05, 0) is 88.1 Å². The summed E-state index contributed by atoms with van der Waals surface area (Å²) in [6, 6.07) is 49.5. The van der Waals surface area contributed by atoms with Gasteiger partial charge in [-0.3, -0.25) is 9.05 Å². The highest BCUT2D eigenvalue weighted by Gasteiger charge is 2.58. The Labute approximate surface area is 345 Å². The largest absolute Gasteiger partial charge is 0.399 e. The van der Waals surface area contributed by atoms with Gasteiger partial charge in [0, 0.05) is 21.5 Å². The molecule has 0 N–H and O–H groups in total. The third-order valence-corrected chi connectivity index (χ3v) is 14.0. The molecule has 2 aliphatic rings. The van der Waals surface area contributed by atoms with E-state index in [4.69, 9.17) is 40.0 Å². The van der Waals surface area contributed by atoms with Crippen LogP contribution in [-0.2, 0) is 14.2 Å². The van der Waals surface area contributed by atoms with Crippen molar-refractivity contribution in [2.75, 3.05) is 0 Å². The third-order valence-electron chi connectivity index (χ3n) is 11.7. The zero-order valence-electron chi connectivity index (χ0n) is 32.8. The Bertz CT molecular complexity index is 3240. The Morgan fingerprint density at radius 1 is 0.483 bits per heavy atom. The molecule has 8 aromatic carbocycles. The smallest absolute Gasteiger partial charge is 0.387 e. The molecule has 5 atom stereocenters. The van der Waals surface area contributed by atoms with E-state index < -0.39 is 53.0 Å². The van der Waals surface area contributed by atoms with E-state index >= 15 is 0 Å². The third kappa shape index (κ3) is 5.96. The zero-order valence-corrected chi connectivity index (χ0v) is 34.6. The molecule has 2 aromatic heterocycles. The molecule has 0 unspecified atom stereocenters. The Morgan fingerprint density at radius 3 is 1.28 bits per heavy atom. The normalized spacial score (nSPS) is 20.6. The van der Waals surface area contributed by atoms with Gasteiger partial charge < -0.3 is 31.0 Å². The first-order valence-corrected chi connectivity index (χ1v) is 22.3. The molecule has 0 saturated carbocycles. The van der Waals surface area contributed by atoms with Crippen LogP contribution in [0.3, 0.4) is 0 Å². The highest BCUT2D eigenvalue weighted by Crippen LogP contribution is 2.47. The molecule has 298 valence electrons. The molecular formula is C49H38O9P2. The molecule has 10 aromatic rings. The summed E-state index contributed by atoms with van der Waals surface area (Å²) in [4.78, 5) is 0. The molecule has 0 spiro atoms. The van der Waals surface area contributed by atoms with Crippen molar-refractivity contribution in [2.45, 2.75) is 57.3 Å². The van der Waals surface area contributed by atoms with Crippen LogP contribution in [0.1, 0.15) is 20.8 Å². The second-order valence-electron chi connectivity index (χ2n) is 15.9. The van der Waals surface area contributed by atoms with Crippen LogP contribution < -0.4 is 9.05 Å². The van der Waals surface area contributed by atoms with Crippen molar-refractivity contribution in [2.24, 2.45) is 0 Å². The first-order chi connectivity index (χ1) is 29.3. The van der Waals surface area contributed by atoms with Gasteiger partial charge in [-0.2, -0.15) is 0 Å². The predicted octanol–water partition coefficient (Wildman–Crippen LogP) is 13.7. The van der Waals surface area contributed by atoms with E-state index in [0.717, 1.165) is 64.6 Å². The predicted molar refractivity (Wildman–Crippen MR) is 238 cm³/mol. The lowest BCUT2D eigenvalue weighted by atomic mass is 9.99. The van der Waals surface area contributed by atoms with E-state index in [9.17, 15) is 0 Å². The molecule has 12 rings (SSSR count). The summed E-state index contributed by atoms with van der Waals surface area (Å²) in [6.07, 6.45) is -3.37. The van der Waals surface area contributed by atoms with E-state index in [2.05, 4.69) is 72.8 Å². The molecule has 4 heterocycles. The minimum atomic E-state index is -2.05. The molecule has 2 saturated heterocycles. The van der Waals surface area contributed by atoms with E-state index in [1.165, 1.54) is 0 Å². The van der Waals surface area contributed by atoms with Gasteiger partial charge in [0.1, 0.15) is 40.6 Å². The maximum atomic E-state index is 6.97. The highest BCUT2D eigenvalue weighted by atomic mass is 31.1. The van der Waals surface area contributed by atoms with Gasteiger partial charge in [-0.15, -0.1) is 0 Å². The first-order valence-electron chi connectivity index (χ1n) is 20.1. The van der Waals surface area contributed by atoms with Gasteiger partial charge in [-0.1, -0.05) is 121 Å². The Kier molecular flexibility index (Phi) is 8.45. The number of fused-ring (bicyclic) bond motifs is 15. The van der Waals surface area contributed by atoms with Crippen LogP contribution in [-0.4, -0.2) is 36.5 Å². The maximum absolute atomic E-state index is 6.97. The molecule has 9 nitrogen and oxygen atoms in total. The summed E-state index contributed by atoms with van der Waals surface area (Å²) < 4.78 is 60.2. The fourth-order valence-corrected chi connectivity index (χ4v) is 11.4. The Morgan fingerprint density at radius 2 is 0.867 bits per heavy atom. The molecule has 11 heteroatoms. The molecule has 0 amide bonds. The Hall–Kier alpha value is -5.60. The summed E-state index contributed by atoms with van der Waals surface area (Å²) in [5.41, 5.74) is 2.68. The number of hydrogen-bond acceptors (Lipinski definition) is 9. The number of hydrogen-bond donors (Lipinski definition) is 0. The van der Waals surface area contributed by atoms with Crippen LogP contribution in [0.2, 0.25) is 0 Å². The van der Waals surface area contributed by atoms with Crippen molar-refractivity contribution in [3.05, 3.63) is 146 Å². The molecule has 2 aliphatic heterocycles. The van der Waals surface area contributed by atoms with Crippen LogP contribution in [0.5, 0.6) is 0 Å². The zero-order chi connectivity index (χ0) is 40.1. The summed E-state index contributed by atoms with van der Waals surface area (Å²) in [5.74, 6) is -0.905. The van der Waals surface area contributed by atoms with Crippen LogP contribution in [0.25, 0.3) is 87.0 Å². The summed E-state index contributed by atoms with van der Waals surface area (Å²) >= 11 is 0. The molecular weight excluding hydrogens is 794 g/mol. The minimum absolute atomic E-state index is 0.607. The molecule has 60 heavy (non-hydrogen) atoms. The molecule has 0 aliphatic carbocycles. The SMILES string of the molecule is C[C@@H](Op1oc2ccc3ccccc3c2c2c(ccc3ccccc32)o1)[C@H]1O[C@@H]2OC(C)(C)O[C@@H]2[C@@H]1Op1oc2ccc3ccccc3c2c2c(ccc3ccccc32)o1. The minimum Gasteiger partial charge on any atom is -0.399 e. The molecule has 0 radical (unpaired) electrons. The van der Waals surface area contributed by atoms with Crippen LogP contribution in [0.4, 0.5) is 0 Å². The van der Waals surface area contributed by atoms with Gasteiger partial charge in [0.15, 0.2) is 12.1 Å². The average Bonchev–Trinajstić information content (AvgIpc) is 3.59. The second-order valence-corrected chi connectivity index (χ2v) is 17.9. The van der Waals surface area contributed by atoms with Gasteiger partial charge in [0.2, 0.25) is 0 Å². The van der Waals surface area contributed by atoms with Crippen LogP contribution in [0, 0.1) is 0 Å². The average molecular weight is 833 g/mol. The summed E-state index contributed by atoms with van der Waals surface area (Å²) in [5, 5.41) is 12.5. The fraction of sp³-hybridized carbons (Fsp3) is 0.184. The number of ether oxygens (including phenoxy) is 3. The molecule has 2 fully saturated rings. The van der Waals surface area contributed by atoms with Gasteiger partial charge in [-0.25, -0.2) is 0 Å². The lowest BCUT2D eigenvalue weighted by molar-refractivity contribution is -0.218. The van der Waals surface area contributed by atoms with Gasteiger partial charge >= 0.3 is 16.5 Å². The van der Waals surface area contributed by atoms with Gasteiger partial charge in [0.25, 0.3) is 0 Å². The number of benzene rings is 8. The van der Waals surface area contributed by atoms with Crippen molar-refractivity contribution in [1.82, 2.24) is 0 Å². The Balaban J connectivity index is 0.992. The first kappa shape index (κ1) is 36.3. The van der Waals surface area contributed by atoms with Gasteiger partial charge in [0.05, 0.1) is 6.10 Å². The fourth-order valence-electron chi connectivity index (χ4n) is 9.08. The van der Waals surface area contributed by atoms with Crippen molar-refractivity contribution < 1.29 is 40.0 Å². The lowest BCUT2D eigenvalue weighted by Crippen LogP contribution is -2.44. The van der Waals surface area contributed by atoms with Crippen LogP contribution >= 0.6 is 16.5 Å². The topological polar surface area (TPSA) is 98.7 Å². The maximum Gasteiger partial charge on any atom is 0.387 e. The van der Waals surface area contributed by atoms with Crippen molar-refractivity contribution >= 4 is 103 Å². The van der Waals surface area contributed by atoms with Crippen molar-refractivity contribution in [1.29, 1.82) is 0 Å². The summed E-state index contributed by atoms with van der Waals surface area (Å²) in [7, 11) is -4.05. The highest BCUT2D eigenvalue weighted by molar-refractivity contribution is 7.32. The van der Waals surface area contributed by atoms with E-state index in [1.54, 1.807) is 0 Å². The summed E-state index contributed by atoms with van der Waals surface area (Å²) in [6.45, 7) is 5.67. The quantitative estimate of drug-likeness (QED) is 0.168. The van der Waals surface area contributed by atoms with Crippen molar-refractivity contribution in [3.8, 4) is 0 Å². The lowest BCUT2D eigenvalue weighted by Gasteiger charge is -2.27. The standard InChI is InChI=1S/C49H38O9P2/c1-28(53-59-54-37-24-20-29-12-4-8-16-33(29)41(37)42-34-17-9-5-13-30(34)21-25-38(42)55-59)45-46(47-48(50-45)52-49(2,3)51-47)58-60-56-39-26-22-31-14-6-10-18-35(31)43(39)44-36-19-11-7-15-32(36)23-27-40(44)57-60/h4-28,45-48H,1-3H3/t28-,45-,46-,47-,48-/m1/s1. The van der Waals surface area contributed by atoms with E-state index in [-0.39, 0.29) is 0 Å². The molecule has 0 bridgehead atoms. The van der Waals surface area contributed by atoms with E-state index in [0.29, 0.717) is 22.3 Å². The van der Waals surface area contributed by atoms with E-state index in [1.807, 2.05) is 93.6 Å². The van der Waals surface area contributed by atoms with Crippen LogP contribution in [0.15, 0.2) is 162 Å². The monoisotopic (exact) mass is 832 g/mol.